The first-order valence-electron chi connectivity index (χ1n) is 6.72. The molecule has 1 saturated heterocycles. The molecule has 0 aromatic carbocycles. The molecule has 104 valence electrons. The van der Waals surface area contributed by atoms with Crippen molar-refractivity contribution in [3.05, 3.63) is 0 Å². The van der Waals surface area contributed by atoms with Crippen molar-refractivity contribution in [3.8, 4) is 0 Å². The van der Waals surface area contributed by atoms with E-state index in [-0.39, 0.29) is 18.4 Å². The predicted molar refractivity (Wildman–Crippen MR) is 70.2 cm³/mol. The summed E-state index contributed by atoms with van der Waals surface area (Å²) in [6.07, 6.45) is 2.57. The van der Waals surface area contributed by atoms with E-state index in [0.717, 1.165) is 13.0 Å². The van der Waals surface area contributed by atoms with E-state index in [2.05, 4.69) is 13.8 Å². The monoisotopic (exact) mass is 255 g/mol. The molecule has 18 heavy (non-hydrogen) atoms. The van der Waals surface area contributed by atoms with E-state index >= 15 is 0 Å². The number of amides is 1. The van der Waals surface area contributed by atoms with Gasteiger partial charge in [0.15, 0.2) is 0 Å². The molecule has 2 atom stereocenters. The topological polar surface area (TPSA) is 57.6 Å². The fraction of sp³-hybridized carbons (Fsp3) is 0.857. The highest BCUT2D eigenvalue weighted by Crippen LogP contribution is 2.29. The van der Waals surface area contributed by atoms with Gasteiger partial charge in [0.1, 0.15) is 0 Å². The summed E-state index contributed by atoms with van der Waals surface area (Å²) in [6.45, 7) is 8.74. The van der Waals surface area contributed by atoms with Crippen molar-refractivity contribution in [1.29, 1.82) is 0 Å². The van der Waals surface area contributed by atoms with Crippen LogP contribution in [0.2, 0.25) is 0 Å². The first kappa shape index (κ1) is 15.0. The normalized spacial score (nSPS) is 25.0. The highest BCUT2D eigenvalue weighted by Gasteiger charge is 2.32. The number of likely N-dealkylation sites (tertiary alicyclic amines) is 1. The van der Waals surface area contributed by atoms with Gasteiger partial charge in [0.25, 0.3) is 0 Å². The number of carbonyl (C=O) groups is 2. The number of carbonyl (C=O) groups excluding carboxylic acids is 1. The zero-order valence-corrected chi connectivity index (χ0v) is 11.9. The van der Waals surface area contributed by atoms with Crippen LogP contribution in [0.1, 0.15) is 53.4 Å². The predicted octanol–water partition coefficient (Wildman–Crippen LogP) is 2.52. The largest absolute Gasteiger partial charge is 0.481 e. The van der Waals surface area contributed by atoms with E-state index in [1.54, 1.807) is 0 Å². The van der Waals surface area contributed by atoms with E-state index in [4.69, 9.17) is 5.11 Å². The molecule has 0 radical (unpaired) electrons. The average molecular weight is 255 g/mol. The summed E-state index contributed by atoms with van der Waals surface area (Å²) in [6, 6.07) is 0.286. The van der Waals surface area contributed by atoms with E-state index in [1.165, 1.54) is 6.42 Å². The molecule has 0 saturated carbocycles. The quantitative estimate of drug-likeness (QED) is 0.839. The minimum absolute atomic E-state index is 0.0382. The van der Waals surface area contributed by atoms with Crippen LogP contribution in [0.5, 0.6) is 0 Å². The Balaban J connectivity index is 2.61. The molecule has 1 aliphatic heterocycles. The zero-order chi connectivity index (χ0) is 13.9. The SMILES string of the molecule is C[C@@H]1CC[C@@H](C)N(C(=O)CC(C)(C)CC(=O)O)C1. The van der Waals surface area contributed by atoms with Gasteiger partial charge in [-0.2, -0.15) is 0 Å². The Hall–Kier alpha value is -1.06. The number of hydrogen-bond acceptors (Lipinski definition) is 2. The molecule has 0 unspecified atom stereocenters. The summed E-state index contributed by atoms with van der Waals surface area (Å²) < 4.78 is 0. The first-order chi connectivity index (χ1) is 8.21. The summed E-state index contributed by atoms with van der Waals surface area (Å²) in [4.78, 5) is 25.0. The van der Waals surface area contributed by atoms with Gasteiger partial charge in [0.05, 0.1) is 6.42 Å². The fourth-order valence-corrected chi connectivity index (χ4v) is 2.62. The zero-order valence-electron chi connectivity index (χ0n) is 11.9. The maximum absolute atomic E-state index is 12.3. The Kier molecular flexibility index (Phi) is 4.77. The van der Waals surface area contributed by atoms with Crippen molar-refractivity contribution in [2.45, 2.75) is 59.4 Å². The number of carboxylic acid groups (broad SMARTS) is 1. The van der Waals surface area contributed by atoms with Crippen LogP contribution in [0.3, 0.4) is 0 Å². The van der Waals surface area contributed by atoms with Crippen LogP contribution >= 0.6 is 0 Å². The standard InChI is InChI=1S/C14H25NO3/c1-10-5-6-11(2)15(9-10)12(16)7-14(3,4)8-13(17)18/h10-11H,5-9H2,1-4H3,(H,17,18)/t10-,11-/m1/s1. The number of carboxylic acids is 1. The third-order valence-electron chi connectivity index (χ3n) is 3.70. The molecular formula is C14H25NO3. The van der Waals surface area contributed by atoms with Gasteiger partial charge in [-0.05, 0) is 31.1 Å². The van der Waals surface area contributed by atoms with Gasteiger partial charge in [0.2, 0.25) is 5.91 Å². The number of hydrogen-bond donors (Lipinski definition) is 1. The summed E-state index contributed by atoms with van der Waals surface area (Å²) in [7, 11) is 0. The molecule has 0 bridgehead atoms. The van der Waals surface area contributed by atoms with Crippen molar-refractivity contribution in [2.75, 3.05) is 6.54 Å². The molecule has 1 fully saturated rings. The third kappa shape index (κ3) is 4.31. The van der Waals surface area contributed by atoms with Crippen LogP contribution in [0.15, 0.2) is 0 Å². The van der Waals surface area contributed by atoms with Crippen molar-refractivity contribution >= 4 is 11.9 Å². The second kappa shape index (κ2) is 5.72. The molecule has 1 rings (SSSR count). The van der Waals surface area contributed by atoms with Crippen molar-refractivity contribution in [1.82, 2.24) is 4.90 Å². The second-order valence-corrected chi connectivity index (χ2v) is 6.49. The Morgan fingerprint density at radius 3 is 2.39 bits per heavy atom. The molecule has 1 heterocycles. The third-order valence-corrected chi connectivity index (χ3v) is 3.70. The molecule has 0 aromatic rings. The summed E-state index contributed by atoms with van der Waals surface area (Å²) in [5.41, 5.74) is -0.469. The van der Waals surface area contributed by atoms with Gasteiger partial charge in [-0.3, -0.25) is 9.59 Å². The minimum atomic E-state index is -0.840. The van der Waals surface area contributed by atoms with Crippen molar-refractivity contribution in [2.24, 2.45) is 11.3 Å². The van der Waals surface area contributed by atoms with Gasteiger partial charge in [0, 0.05) is 19.0 Å². The van der Waals surface area contributed by atoms with Crippen LogP contribution in [0, 0.1) is 11.3 Å². The smallest absolute Gasteiger partial charge is 0.303 e. The molecule has 1 N–H and O–H groups in total. The Bertz CT molecular complexity index is 325. The average Bonchev–Trinajstić information content (AvgIpc) is 2.18. The molecule has 0 aromatic heterocycles. The number of aliphatic carboxylic acids is 1. The van der Waals surface area contributed by atoms with E-state index in [1.807, 2.05) is 18.7 Å². The maximum Gasteiger partial charge on any atom is 0.303 e. The summed E-state index contributed by atoms with van der Waals surface area (Å²) in [5, 5.41) is 8.84. The van der Waals surface area contributed by atoms with Crippen LogP contribution in [-0.2, 0) is 9.59 Å². The number of nitrogens with zero attached hydrogens (tertiary/aromatic N) is 1. The van der Waals surface area contributed by atoms with E-state index in [9.17, 15) is 9.59 Å². The Morgan fingerprint density at radius 1 is 1.22 bits per heavy atom. The number of rotatable bonds is 4. The molecule has 0 spiro atoms. The van der Waals surface area contributed by atoms with Crippen LogP contribution in [0.4, 0.5) is 0 Å². The van der Waals surface area contributed by atoms with Gasteiger partial charge in [-0.15, -0.1) is 0 Å². The van der Waals surface area contributed by atoms with E-state index in [0.29, 0.717) is 12.3 Å². The van der Waals surface area contributed by atoms with Crippen LogP contribution < -0.4 is 0 Å². The van der Waals surface area contributed by atoms with Gasteiger partial charge in [-0.25, -0.2) is 0 Å². The van der Waals surface area contributed by atoms with E-state index < -0.39 is 11.4 Å². The Labute approximate surface area is 109 Å². The van der Waals surface area contributed by atoms with Crippen molar-refractivity contribution in [3.63, 3.8) is 0 Å². The van der Waals surface area contributed by atoms with Gasteiger partial charge in [-0.1, -0.05) is 20.8 Å². The Morgan fingerprint density at radius 2 is 1.83 bits per heavy atom. The highest BCUT2D eigenvalue weighted by molar-refractivity contribution is 5.78. The number of piperidine rings is 1. The summed E-state index contributed by atoms with van der Waals surface area (Å²) in [5.74, 6) is -0.194. The fourth-order valence-electron chi connectivity index (χ4n) is 2.62. The molecule has 4 heteroatoms. The first-order valence-corrected chi connectivity index (χ1v) is 6.72. The van der Waals surface area contributed by atoms with Gasteiger partial charge >= 0.3 is 5.97 Å². The lowest BCUT2D eigenvalue weighted by atomic mass is 9.84. The maximum atomic E-state index is 12.3. The molecule has 4 nitrogen and oxygen atoms in total. The van der Waals surface area contributed by atoms with Crippen LogP contribution in [-0.4, -0.2) is 34.5 Å². The molecule has 1 amide bonds. The minimum Gasteiger partial charge on any atom is -0.481 e. The molecule has 0 aliphatic carbocycles. The van der Waals surface area contributed by atoms with Gasteiger partial charge < -0.3 is 10.0 Å². The summed E-state index contributed by atoms with van der Waals surface area (Å²) >= 11 is 0. The lowest BCUT2D eigenvalue weighted by Crippen LogP contribution is -2.46. The lowest BCUT2D eigenvalue weighted by Gasteiger charge is -2.38. The van der Waals surface area contributed by atoms with Crippen LogP contribution in [0.25, 0.3) is 0 Å². The second-order valence-electron chi connectivity index (χ2n) is 6.49. The molecule has 1 aliphatic rings. The molecular weight excluding hydrogens is 230 g/mol. The van der Waals surface area contributed by atoms with Crippen molar-refractivity contribution < 1.29 is 14.7 Å². The lowest BCUT2D eigenvalue weighted by molar-refractivity contribution is -0.142. The highest BCUT2D eigenvalue weighted by atomic mass is 16.4.